The molecule has 5 nitrogen and oxygen atoms in total. The first-order valence-electron chi connectivity index (χ1n) is 7.42. The van der Waals surface area contributed by atoms with Crippen LogP contribution in [0.15, 0.2) is 24.5 Å². The van der Waals surface area contributed by atoms with E-state index in [2.05, 4.69) is 10.3 Å². The van der Waals surface area contributed by atoms with Crippen LogP contribution in [-0.2, 0) is 9.59 Å². The van der Waals surface area contributed by atoms with E-state index >= 15 is 0 Å². The minimum absolute atomic E-state index is 0.0672. The van der Waals surface area contributed by atoms with E-state index in [1.165, 1.54) is 0 Å². The summed E-state index contributed by atoms with van der Waals surface area (Å²) in [5.41, 5.74) is 0.644. The highest BCUT2D eigenvalue weighted by Crippen LogP contribution is 2.44. The van der Waals surface area contributed by atoms with Crippen LogP contribution in [0.25, 0.3) is 0 Å². The van der Waals surface area contributed by atoms with Crippen molar-refractivity contribution in [3.05, 3.63) is 30.1 Å². The predicted molar refractivity (Wildman–Crippen MR) is 78.6 cm³/mol. The lowest BCUT2D eigenvalue weighted by atomic mass is 9.79. The highest BCUT2D eigenvalue weighted by molar-refractivity contribution is 5.78. The maximum atomic E-state index is 12.2. The summed E-state index contributed by atoms with van der Waals surface area (Å²) in [5.74, 6) is -0.880. The minimum Gasteiger partial charge on any atom is -0.481 e. The minimum atomic E-state index is -0.813. The molecule has 1 amide bonds. The predicted octanol–water partition coefficient (Wildman–Crippen LogP) is 2.68. The maximum Gasteiger partial charge on any atom is 0.303 e. The molecule has 21 heavy (non-hydrogen) atoms. The van der Waals surface area contributed by atoms with Gasteiger partial charge in [-0.3, -0.25) is 14.6 Å². The number of nitrogens with zero attached hydrogens (tertiary/aromatic N) is 1. The van der Waals surface area contributed by atoms with E-state index < -0.39 is 5.97 Å². The van der Waals surface area contributed by atoms with Gasteiger partial charge < -0.3 is 10.4 Å². The number of pyridine rings is 1. The average molecular weight is 290 g/mol. The third kappa shape index (κ3) is 4.28. The van der Waals surface area contributed by atoms with Gasteiger partial charge in [0.05, 0.1) is 12.5 Å². The van der Waals surface area contributed by atoms with Gasteiger partial charge in [0.25, 0.3) is 0 Å². The molecule has 0 saturated heterocycles. The van der Waals surface area contributed by atoms with Crippen molar-refractivity contribution in [3.63, 3.8) is 0 Å². The number of amides is 1. The topological polar surface area (TPSA) is 79.3 Å². The zero-order valence-electron chi connectivity index (χ0n) is 12.3. The highest BCUT2D eigenvalue weighted by Gasteiger charge is 2.38. The average Bonchev–Trinajstić information content (AvgIpc) is 2.86. The van der Waals surface area contributed by atoms with Crippen molar-refractivity contribution in [2.24, 2.45) is 5.41 Å². The molecule has 0 aliphatic heterocycles. The molecule has 1 atom stereocenters. The summed E-state index contributed by atoms with van der Waals surface area (Å²) in [4.78, 5) is 27.3. The van der Waals surface area contributed by atoms with Gasteiger partial charge in [0.2, 0.25) is 5.91 Å². The lowest BCUT2D eigenvalue weighted by Gasteiger charge is -2.27. The molecular weight excluding hydrogens is 268 g/mol. The Morgan fingerprint density at radius 1 is 1.29 bits per heavy atom. The summed E-state index contributed by atoms with van der Waals surface area (Å²) in [6.07, 6.45) is 7.47. The van der Waals surface area contributed by atoms with Crippen molar-refractivity contribution in [3.8, 4) is 0 Å². The van der Waals surface area contributed by atoms with Crippen molar-refractivity contribution in [1.82, 2.24) is 10.3 Å². The van der Waals surface area contributed by atoms with E-state index in [0.29, 0.717) is 6.42 Å². The van der Waals surface area contributed by atoms with Crippen molar-refractivity contribution in [2.75, 3.05) is 0 Å². The molecule has 0 spiro atoms. The second-order valence-corrected chi connectivity index (χ2v) is 6.02. The third-order valence-electron chi connectivity index (χ3n) is 4.31. The number of aromatic nitrogens is 1. The van der Waals surface area contributed by atoms with Crippen LogP contribution in [0.2, 0.25) is 0 Å². The van der Waals surface area contributed by atoms with Crippen molar-refractivity contribution >= 4 is 11.9 Å². The molecule has 5 heteroatoms. The molecule has 1 saturated carbocycles. The van der Waals surface area contributed by atoms with Gasteiger partial charge in [0, 0.05) is 18.8 Å². The zero-order chi connectivity index (χ0) is 15.3. The number of carbonyl (C=O) groups excluding carboxylic acids is 1. The first-order chi connectivity index (χ1) is 10.0. The molecule has 1 fully saturated rings. The largest absolute Gasteiger partial charge is 0.481 e. The van der Waals surface area contributed by atoms with Crippen LogP contribution in [0, 0.1) is 5.41 Å². The molecule has 2 rings (SSSR count). The molecule has 1 aromatic rings. The second-order valence-electron chi connectivity index (χ2n) is 6.02. The van der Waals surface area contributed by atoms with Crippen LogP contribution in [0.3, 0.4) is 0 Å². The Labute approximate surface area is 124 Å². The lowest BCUT2D eigenvalue weighted by molar-refractivity contribution is -0.140. The van der Waals surface area contributed by atoms with E-state index in [-0.39, 0.29) is 23.8 Å². The second kappa shape index (κ2) is 6.70. The first kappa shape index (κ1) is 15.5. The fourth-order valence-corrected chi connectivity index (χ4v) is 3.23. The molecule has 0 bridgehead atoms. The van der Waals surface area contributed by atoms with Gasteiger partial charge in [-0.05, 0) is 42.9 Å². The summed E-state index contributed by atoms with van der Waals surface area (Å²) in [6, 6.07) is 3.64. The van der Waals surface area contributed by atoms with E-state index in [1.54, 1.807) is 12.4 Å². The van der Waals surface area contributed by atoms with E-state index in [4.69, 9.17) is 5.11 Å². The van der Waals surface area contributed by atoms with Gasteiger partial charge in [-0.1, -0.05) is 12.8 Å². The van der Waals surface area contributed by atoms with Gasteiger partial charge in [-0.15, -0.1) is 0 Å². The van der Waals surface area contributed by atoms with E-state index in [9.17, 15) is 9.59 Å². The standard InChI is InChI=1S/C16H22N2O3/c1-12(13-4-8-17-9-5-13)18-14(19)10-16(11-15(20)21)6-2-3-7-16/h4-5,8-9,12H,2-3,6-7,10-11H2,1H3,(H,18,19)(H,20,21). The molecule has 1 aliphatic rings. The number of hydrogen-bond acceptors (Lipinski definition) is 3. The van der Waals surface area contributed by atoms with Gasteiger partial charge in [-0.2, -0.15) is 0 Å². The summed E-state index contributed by atoms with van der Waals surface area (Å²) in [7, 11) is 0. The number of aliphatic carboxylic acids is 1. The fourth-order valence-electron chi connectivity index (χ4n) is 3.23. The Bertz CT molecular complexity index is 496. The van der Waals surface area contributed by atoms with Crippen LogP contribution in [0.5, 0.6) is 0 Å². The number of nitrogens with one attached hydrogen (secondary N) is 1. The third-order valence-corrected chi connectivity index (χ3v) is 4.31. The van der Waals surface area contributed by atoms with Gasteiger partial charge in [0.1, 0.15) is 0 Å². The lowest BCUT2D eigenvalue weighted by Crippen LogP contribution is -2.33. The fraction of sp³-hybridized carbons (Fsp3) is 0.562. The number of carboxylic acids is 1. The quantitative estimate of drug-likeness (QED) is 0.844. The van der Waals surface area contributed by atoms with E-state index in [0.717, 1.165) is 31.2 Å². The number of rotatable bonds is 6. The Kier molecular flexibility index (Phi) is 4.94. The molecule has 1 aromatic heterocycles. The SMILES string of the molecule is CC(NC(=O)CC1(CC(=O)O)CCCC1)c1ccncc1. The number of carbonyl (C=O) groups is 2. The Morgan fingerprint density at radius 3 is 2.48 bits per heavy atom. The van der Waals surface area contributed by atoms with Crippen LogP contribution >= 0.6 is 0 Å². The first-order valence-corrected chi connectivity index (χ1v) is 7.42. The Balaban J connectivity index is 1.95. The monoisotopic (exact) mass is 290 g/mol. The normalized spacial score (nSPS) is 18.1. The summed E-state index contributed by atoms with van der Waals surface area (Å²) >= 11 is 0. The van der Waals surface area contributed by atoms with Crippen LogP contribution < -0.4 is 5.32 Å². The highest BCUT2D eigenvalue weighted by atomic mass is 16.4. The smallest absolute Gasteiger partial charge is 0.303 e. The molecule has 2 N–H and O–H groups in total. The molecule has 0 radical (unpaired) electrons. The van der Waals surface area contributed by atoms with Gasteiger partial charge >= 0.3 is 5.97 Å². The Hall–Kier alpha value is -1.91. The molecule has 1 aliphatic carbocycles. The molecule has 114 valence electrons. The summed E-state index contributed by atoms with van der Waals surface area (Å²) < 4.78 is 0. The zero-order valence-corrected chi connectivity index (χ0v) is 12.3. The van der Waals surface area contributed by atoms with Gasteiger partial charge in [0.15, 0.2) is 0 Å². The maximum absolute atomic E-state index is 12.2. The van der Waals surface area contributed by atoms with Crippen LogP contribution in [-0.4, -0.2) is 22.0 Å². The Morgan fingerprint density at radius 2 is 1.90 bits per heavy atom. The summed E-state index contributed by atoms with van der Waals surface area (Å²) in [5, 5.41) is 12.0. The molecule has 1 heterocycles. The molecule has 0 aromatic carbocycles. The molecule has 1 unspecified atom stereocenters. The van der Waals surface area contributed by atoms with Crippen LogP contribution in [0.4, 0.5) is 0 Å². The number of hydrogen-bond donors (Lipinski definition) is 2. The van der Waals surface area contributed by atoms with Gasteiger partial charge in [-0.25, -0.2) is 0 Å². The van der Waals surface area contributed by atoms with E-state index in [1.807, 2.05) is 19.1 Å². The summed E-state index contributed by atoms with van der Waals surface area (Å²) in [6.45, 7) is 1.92. The van der Waals surface area contributed by atoms with Crippen molar-refractivity contribution < 1.29 is 14.7 Å². The van der Waals surface area contributed by atoms with Crippen molar-refractivity contribution in [2.45, 2.75) is 51.5 Å². The van der Waals surface area contributed by atoms with Crippen molar-refractivity contribution in [1.29, 1.82) is 0 Å². The number of carboxylic acid groups (broad SMARTS) is 1. The van der Waals surface area contributed by atoms with Crippen LogP contribution in [0.1, 0.15) is 57.1 Å². The molecular formula is C16H22N2O3.